The molecule has 1 heterocycles. The van der Waals surface area contributed by atoms with E-state index in [2.05, 4.69) is 5.10 Å². The van der Waals surface area contributed by atoms with Crippen LogP contribution in [0, 0.1) is 0 Å². The number of aromatic nitrogens is 2. The van der Waals surface area contributed by atoms with Crippen LogP contribution in [0.15, 0.2) is 12.3 Å². The average molecular weight is 181 g/mol. The highest BCUT2D eigenvalue weighted by molar-refractivity contribution is 5.03. The fourth-order valence-corrected chi connectivity index (χ4v) is 1.62. The van der Waals surface area contributed by atoms with Gasteiger partial charge in [0.15, 0.2) is 0 Å². The van der Waals surface area contributed by atoms with Gasteiger partial charge in [0.25, 0.3) is 0 Å². The topological polar surface area (TPSA) is 64.1 Å². The molecule has 13 heavy (non-hydrogen) atoms. The molecular weight excluding hydrogens is 166 g/mol. The number of aliphatic hydroxyl groups is 1. The van der Waals surface area contributed by atoms with Crippen LogP contribution in [-0.2, 0) is 0 Å². The van der Waals surface area contributed by atoms with E-state index in [0.717, 1.165) is 18.5 Å². The Morgan fingerprint density at radius 1 is 1.69 bits per heavy atom. The van der Waals surface area contributed by atoms with Gasteiger partial charge in [-0.2, -0.15) is 5.10 Å². The van der Waals surface area contributed by atoms with Crippen LogP contribution in [0.5, 0.6) is 0 Å². The molecule has 0 spiro atoms. The lowest BCUT2D eigenvalue weighted by molar-refractivity contribution is 0.188. The summed E-state index contributed by atoms with van der Waals surface area (Å²) in [6.07, 6.45) is 3.44. The van der Waals surface area contributed by atoms with Gasteiger partial charge in [-0.1, -0.05) is 0 Å². The van der Waals surface area contributed by atoms with Crippen LogP contribution in [0.2, 0.25) is 0 Å². The Balaban J connectivity index is 2.06. The molecule has 0 saturated heterocycles. The molecule has 4 nitrogen and oxygen atoms in total. The van der Waals surface area contributed by atoms with Gasteiger partial charge in [0, 0.05) is 12.2 Å². The highest BCUT2D eigenvalue weighted by Crippen LogP contribution is 2.30. The number of rotatable bonds is 2. The largest absolute Gasteiger partial charge is 0.387 e. The molecule has 1 atom stereocenters. The average Bonchev–Trinajstić information content (AvgIpc) is 2.46. The molecule has 0 amide bonds. The van der Waals surface area contributed by atoms with Crippen LogP contribution in [-0.4, -0.2) is 20.9 Å². The van der Waals surface area contributed by atoms with E-state index in [9.17, 15) is 5.11 Å². The third-order valence-electron chi connectivity index (χ3n) is 2.58. The first-order chi connectivity index (χ1) is 6.16. The second-order valence-electron chi connectivity index (χ2n) is 3.78. The van der Waals surface area contributed by atoms with Crippen LogP contribution in [0.25, 0.3) is 0 Å². The van der Waals surface area contributed by atoms with E-state index < -0.39 is 6.10 Å². The molecule has 1 fully saturated rings. The van der Waals surface area contributed by atoms with Crippen molar-refractivity contribution in [3.05, 3.63) is 18.0 Å². The van der Waals surface area contributed by atoms with E-state index in [4.69, 9.17) is 5.73 Å². The lowest BCUT2D eigenvalue weighted by Gasteiger charge is -2.32. The van der Waals surface area contributed by atoms with Gasteiger partial charge >= 0.3 is 0 Å². The van der Waals surface area contributed by atoms with Gasteiger partial charge < -0.3 is 10.8 Å². The van der Waals surface area contributed by atoms with Crippen molar-refractivity contribution in [3.8, 4) is 0 Å². The van der Waals surface area contributed by atoms with Crippen LogP contribution >= 0.6 is 0 Å². The molecule has 1 aliphatic carbocycles. The number of nitrogens with zero attached hydrogens (tertiary/aromatic N) is 2. The van der Waals surface area contributed by atoms with Gasteiger partial charge in [0.05, 0.1) is 17.8 Å². The summed E-state index contributed by atoms with van der Waals surface area (Å²) in [6.45, 7) is 1.72. The zero-order chi connectivity index (χ0) is 9.42. The minimum atomic E-state index is -0.477. The monoisotopic (exact) mass is 181 g/mol. The van der Waals surface area contributed by atoms with Crippen molar-refractivity contribution in [2.24, 2.45) is 5.73 Å². The van der Waals surface area contributed by atoms with Crippen LogP contribution in [0.1, 0.15) is 37.6 Å². The molecule has 72 valence electrons. The summed E-state index contributed by atoms with van der Waals surface area (Å²) in [7, 11) is 0. The van der Waals surface area contributed by atoms with Gasteiger partial charge in [0.2, 0.25) is 0 Å². The third-order valence-corrected chi connectivity index (χ3v) is 2.58. The molecule has 0 radical (unpaired) electrons. The van der Waals surface area contributed by atoms with Crippen molar-refractivity contribution in [1.29, 1.82) is 0 Å². The Kier molecular flexibility index (Phi) is 2.09. The quantitative estimate of drug-likeness (QED) is 0.702. The molecule has 0 aliphatic heterocycles. The Hall–Kier alpha value is -0.870. The first-order valence-corrected chi connectivity index (χ1v) is 4.65. The fraction of sp³-hybridized carbons (Fsp3) is 0.667. The summed E-state index contributed by atoms with van der Waals surface area (Å²) in [5.74, 6) is 0. The van der Waals surface area contributed by atoms with E-state index in [1.807, 2.05) is 16.9 Å². The number of aliphatic hydroxyl groups excluding tert-OH is 1. The lowest BCUT2D eigenvalue weighted by Crippen LogP contribution is -2.37. The van der Waals surface area contributed by atoms with Crippen molar-refractivity contribution in [2.75, 3.05) is 0 Å². The van der Waals surface area contributed by atoms with E-state index in [-0.39, 0.29) is 0 Å². The molecule has 1 aromatic rings. The highest BCUT2D eigenvalue weighted by atomic mass is 16.3. The smallest absolute Gasteiger partial charge is 0.0950 e. The highest BCUT2D eigenvalue weighted by Gasteiger charge is 2.28. The Bertz CT molecular complexity index is 289. The molecule has 1 saturated carbocycles. The predicted octanol–water partition coefficient (Wildman–Crippen LogP) is 0.599. The number of nitrogens with two attached hydrogens (primary N) is 1. The molecule has 2 rings (SSSR count). The van der Waals surface area contributed by atoms with Crippen molar-refractivity contribution in [2.45, 2.75) is 38.0 Å². The summed E-state index contributed by atoms with van der Waals surface area (Å²) < 4.78 is 1.91. The fourth-order valence-electron chi connectivity index (χ4n) is 1.62. The van der Waals surface area contributed by atoms with Gasteiger partial charge in [-0.3, -0.25) is 4.68 Å². The predicted molar refractivity (Wildman–Crippen MR) is 49.1 cm³/mol. The van der Waals surface area contributed by atoms with E-state index in [1.165, 1.54) is 0 Å². The summed E-state index contributed by atoms with van der Waals surface area (Å²) in [4.78, 5) is 0. The maximum absolute atomic E-state index is 9.26. The van der Waals surface area contributed by atoms with Crippen molar-refractivity contribution >= 4 is 0 Å². The molecule has 0 aromatic carbocycles. The maximum Gasteiger partial charge on any atom is 0.0950 e. The normalized spacial score (nSPS) is 29.8. The second kappa shape index (κ2) is 3.12. The Morgan fingerprint density at radius 3 is 2.85 bits per heavy atom. The molecule has 1 unspecified atom stereocenters. The molecule has 0 bridgehead atoms. The molecule has 4 heteroatoms. The first-order valence-electron chi connectivity index (χ1n) is 4.65. The van der Waals surface area contributed by atoms with Crippen molar-refractivity contribution in [1.82, 2.24) is 9.78 Å². The Morgan fingerprint density at radius 2 is 2.38 bits per heavy atom. The zero-order valence-electron chi connectivity index (χ0n) is 7.72. The lowest BCUT2D eigenvalue weighted by atomic mass is 9.88. The summed E-state index contributed by atoms with van der Waals surface area (Å²) >= 11 is 0. The van der Waals surface area contributed by atoms with E-state index in [1.54, 1.807) is 6.92 Å². The summed E-state index contributed by atoms with van der Waals surface area (Å²) in [6, 6.07) is 2.64. The van der Waals surface area contributed by atoms with Crippen molar-refractivity contribution < 1.29 is 5.11 Å². The SMILES string of the molecule is CC(O)c1ccn([C@H]2C[C@H](N)C2)n1. The van der Waals surface area contributed by atoms with E-state index in [0.29, 0.717) is 12.1 Å². The minimum absolute atomic E-state index is 0.337. The third kappa shape index (κ3) is 1.59. The van der Waals surface area contributed by atoms with E-state index >= 15 is 0 Å². The van der Waals surface area contributed by atoms with Gasteiger partial charge in [-0.05, 0) is 25.8 Å². The van der Waals surface area contributed by atoms with Crippen LogP contribution < -0.4 is 5.73 Å². The minimum Gasteiger partial charge on any atom is -0.387 e. The summed E-state index contributed by atoms with van der Waals surface area (Å²) in [5.41, 5.74) is 6.42. The van der Waals surface area contributed by atoms with Crippen molar-refractivity contribution in [3.63, 3.8) is 0 Å². The number of hydrogen-bond acceptors (Lipinski definition) is 3. The number of hydrogen-bond donors (Lipinski definition) is 2. The molecular formula is C9H15N3O. The van der Waals surface area contributed by atoms with Gasteiger partial charge in [-0.15, -0.1) is 0 Å². The standard InChI is InChI=1S/C9H15N3O/c1-6(13)9-2-3-12(11-9)8-4-7(10)5-8/h2-3,6-8,13H,4-5,10H2,1H3/t6?,7-,8-. The first kappa shape index (κ1) is 8.72. The maximum atomic E-state index is 9.26. The zero-order valence-corrected chi connectivity index (χ0v) is 7.72. The molecule has 3 N–H and O–H groups in total. The van der Waals surface area contributed by atoms with Gasteiger partial charge in [0.1, 0.15) is 0 Å². The van der Waals surface area contributed by atoms with Crippen LogP contribution in [0.3, 0.4) is 0 Å². The second-order valence-corrected chi connectivity index (χ2v) is 3.78. The molecule has 1 aliphatic rings. The Labute approximate surface area is 77.4 Å². The summed E-state index contributed by atoms with van der Waals surface area (Å²) in [5, 5.41) is 13.5. The van der Waals surface area contributed by atoms with Gasteiger partial charge in [-0.25, -0.2) is 0 Å². The van der Waals surface area contributed by atoms with Crippen LogP contribution in [0.4, 0.5) is 0 Å². The molecule has 1 aromatic heterocycles.